The standard InChI is InChI=1S/C14H25N3/c1-4-17-9-5-6-14(17)11-15-10-12(2)16(3)13-7-8-13/h5-6,9,12-13,15H,4,7-8,10-11H2,1-3H3. The third-order valence-electron chi connectivity index (χ3n) is 3.83. The Morgan fingerprint density at radius 2 is 2.29 bits per heavy atom. The van der Waals surface area contributed by atoms with Gasteiger partial charge in [0.05, 0.1) is 0 Å². The Kier molecular flexibility index (Phi) is 4.24. The molecule has 0 aliphatic heterocycles. The normalized spacial score (nSPS) is 17.6. The van der Waals surface area contributed by atoms with Crippen LogP contribution >= 0.6 is 0 Å². The molecule has 1 aliphatic rings. The van der Waals surface area contributed by atoms with Crippen molar-refractivity contribution in [3.63, 3.8) is 0 Å². The van der Waals surface area contributed by atoms with Crippen LogP contribution in [0.3, 0.4) is 0 Å². The number of hydrogen-bond acceptors (Lipinski definition) is 2. The first kappa shape index (κ1) is 12.7. The summed E-state index contributed by atoms with van der Waals surface area (Å²) in [6.07, 6.45) is 4.93. The first-order valence-electron chi connectivity index (χ1n) is 6.79. The second kappa shape index (κ2) is 5.69. The van der Waals surface area contributed by atoms with Crippen molar-refractivity contribution in [3.8, 4) is 0 Å². The molecule has 0 saturated heterocycles. The van der Waals surface area contributed by atoms with Gasteiger partial charge in [0.15, 0.2) is 0 Å². The van der Waals surface area contributed by atoms with Crippen molar-refractivity contribution < 1.29 is 0 Å². The fraction of sp³-hybridized carbons (Fsp3) is 0.714. The van der Waals surface area contributed by atoms with E-state index in [0.29, 0.717) is 6.04 Å². The van der Waals surface area contributed by atoms with Crippen LogP contribution in [0, 0.1) is 0 Å². The molecule has 3 heteroatoms. The first-order valence-corrected chi connectivity index (χ1v) is 6.79. The second-order valence-corrected chi connectivity index (χ2v) is 5.16. The number of nitrogens with zero attached hydrogens (tertiary/aromatic N) is 2. The van der Waals surface area contributed by atoms with Gasteiger partial charge in [0.1, 0.15) is 0 Å². The molecule has 17 heavy (non-hydrogen) atoms. The zero-order valence-electron chi connectivity index (χ0n) is 11.3. The van der Waals surface area contributed by atoms with Gasteiger partial charge in [-0.05, 0) is 45.9 Å². The third kappa shape index (κ3) is 3.33. The van der Waals surface area contributed by atoms with Crippen molar-refractivity contribution in [2.45, 2.75) is 51.9 Å². The molecule has 1 N–H and O–H groups in total. The Balaban J connectivity index is 1.71. The van der Waals surface area contributed by atoms with Gasteiger partial charge in [-0.2, -0.15) is 0 Å². The fourth-order valence-electron chi connectivity index (χ4n) is 2.31. The lowest BCUT2D eigenvalue weighted by Gasteiger charge is -2.24. The lowest BCUT2D eigenvalue weighted by molar-refractivity contribution is 0.240. The second-order valence-electron chi connectivity index (χ2n) is 5.16. The highest BCUT2D eigenvalue weighted by atomic mass is 15.2. The molecule has 1 fully saturated rings. The minimum atomic E-state index is 0.632. The Bertz CT molecular complexity index is 341. The maximum atomic E-state index is 3.56. The Morgan fingerprint density at radius 1 is 1.53 bits per heavy atom. The van der Waals surface area contributed by atoms with Gasteiger partial charge in [0, 0.05) is 43.6 Å². The molecular formula is C14H25N3. The molecule has 0 amide bonds. The zero-order valence-corrected chi connectivity index (χ0v) is 11.3. The van der Waals surface area contributed by atoms with Crippen LogP contribution in [-0.2, 0) is 13.1 Å². The summed E-state index contributed by atoms with van der Waals surface area (Å²) in [4.78, 5) is 2.51. The van der Waals surface area contributed by atoms with E-state index in [9.17, 15) is 0 Å². The van der Waals surface area contributed by atoms with E-state index in [2.05, 4.69) is 54.0 Å². The third-order valence-corrected chi connectivity index (χ3v) is 3.83. The van der Waals surface area contributed by atoms with Gasteiger partial charge in [-0.1, -0.05) is 0 Å². The number of nitrogens with one attached hydrogen (secondary N) is 1. The van der Waals surface area contributed by atoms with Crippen LogP contribution in [0.25, 0.3) is 0 Å². The zero-order chi connectivity index (χ0) is 12.3. The number of aromatic nitrogens is 1. The molecule has 1 saturated carbocycles. The van der Waals surface area contributed by atoms with Crippen LogP contribution in [0.4, 0.5) is 0 Å². The summed E-state index contributed by atoms with van der Waals surface area (Å²) >= 11 is 0. The predicted octanol–water partition coefficient (Wildman–Crippen LogP) is 2.08. The van der Waals surface area contributed by atoms with Gasteiger partial charge in [-0.25, -0.2) is 0 Å². The highest BCUT2D eigenvalue weighted by molar-refractivity contribution is 5.06. The summed E-state index contributed by atoms with van der Waals surface area (Å²) in [5, 5.41) is 3.56. The van der Waals surface area contributed by atoms with Crippen LogP contribution in [-0.4, -0.2) is 35.1 Å². The quantitative estimate of drug-likeness (QED) is 0.781. The van der Waals surface area contributed by atoms with Crippen LogP contribution in [0.5, 0.6) is 0 Å². The number of aryl methyl sites for hydroxylation is 1. The first-order chi connectivity index (χ1) is 8.22. The Morgan fingerprint density at radius 3 is 2.94 bits per heavy atom. The van der Waals surface area contributed by atoms with E-state index in [1.54, 1.807) is 0 Å². The van der Waals surface area contributed by atoms with E-state index in [1.807, 2.05) is 0 Å². The van der Waals surface area contributed by atoms with Crippen molar-refractivity contribution in [2.24, 2.45) is 0 Å². The minimum Gasteiger partial charge on any atom is -0.351 e. The SMILES string of the molecule is CCn1cccc1CNCC(C)N(C)C1CC1. The molecule has 1 heterocycles. The maximum Gasteiger partial charge on any atom is 0.0359 e. The smallest absolute Gasteiger partial charge is 0.0359 e. The van der Waals surface area contributed by atoms with Crippen LogP contribution in [0.1, 0.15) is 32.4 Å². The highest BCUT2D eigenvalue weighted by Crippen LogP contribution is 2.26. The van der Waals surface area contributed by atoms with E-state index in [-0.39, 0.29) is 0 Å². The minimum absolute atomic E-state index is 0.632. The molecule has 1 aliphatic carbocycles. The summed E-state index contributed by atoms with van der Waals surface area (Å²) < 4.78 is 2.29. The van der Waals surface area contributed by atoms with Gasteiger partial charge >= 0.3 is 0 Å². The molecular weight excluding hydrogens is 210 g/mol. The average molecular weight is 235 g/mol. The fourth-order valence-corrected chi connectivity index (χ4v) is 2.31. The van der Waals surface area contributed by atoms with Crippen LogP contribution in [0.2, 0.25) is 0 Å². The van der Waals surface area contributed by atoms with Crippen molar-refractivity contribution >= 4 is 0 Å². The predicted molar refractivity (Wildman–Crippen MR) is 72.1 cm³/mol. The molecule has 3 nitrogen and oxygen atoms in total. The van der Waals surface area contributed by atoms with Crippen molar-refractivity contribution in [2.75, 3.05) is 13.6 Å². The summed E-state index contributed by atoms with van der Waals surface area (Å²) in [6, 6.07) is 5.81. The van der Waals surface area contributed by atoms with Gasteiger partial charge < -0.3 is 9.88 Å². The molecule has 2 rings (SSSR count). The molecule has 0 spiro atoms. The number of rotatable bonds is 7. The topological polar surface area (TPSA) is 20.2 Å². The van der Waals surface area contributed by atoms with Crippen LogP contribution in [0.15, 0.2) is 18.3 Å². The number of likely N-dealkylation sites (N-methyl/N-ethyl adjacent to an activating group) is 1. The molecule has 0 radical (unpaired) electrons. The van der Waals surface area contributed by atoms with Gasteiger partial charge in [0.25, 0.3) is 0 Å². The Labute approximate surface area is 105 Å². The van der Waals surface area contributed by atoms with E-state index in [4.69, 9.17) is 0 Å². The lowest BCUT2D eigenvalue weighted by Crippen LogP contribution is -2.39. The summed E-state index contributed by atoms with van der Waals surface area (Å²) in [5.74, 6) is 0. The van der Waals surface area contributed by atoms with Crippen molar-refractivity contribution in [3.05, 3.63) is 24.0 Å². The number of hydrogen-bond donors (Lipinski definition) is 1. The van der Waals surface area contributed by atoms with E-state index in [1.165, 1.54) is 18.5 Å². The molecule has 1 aromatic heterocycles. The van der Waals surface area contributed by atoms with Gasteiger partial charge in [0.2, 0.25) is 0 Å². The van der Waals surface area contributed by atoms with E-state index >= 15 is 0 Å². The summed E-state index contributed by atoms with van der Waals surface area (Å²) in [7, 11) is 2.25. The van der Waals surface area contributed by atoms with E-state index < -0.39 is 0 Å². The summed E-state index contributed by atoms with van der Waals surface area (Å²) in [5.41, 5.74) is 1.38. The van der Waals surface area contributed by atoms with Crippen LogP contribution < -0.4 is 5.32 Å². The summed E-state index contributed by atoms with van der Waals surface area (Å²) in [6.45, 7) is 7.60. The molecule has 0 bridgehead atoms. The average Bonchev–Trinajstić information content (AvgIpc) is 3.08. The monoisotopic (exact) mass is 235 g/mol. The molecule has 0 aromatic carbocycles. The largest absolute Gasteiger partial charge is 0.351 e. The molecule has 1 aromatic rings. The lowest BCUT2D eigenvalue weighted by atomic mass is 10.3. The Hall–Kier alpha value is -0.800. The molecule has 1 atom stereocenters. The van der Waals surface area contributed by atoms with Crippen molar-refractivity contribution in [1.29, 1.82) is 0 Å². The van der Waals surface area contributed by atoms with Gasteiger partial charge in [-0.15, -0.1) is 0 Å². The highest BCUT2D eigenvalue weighted by Gasteiger charge is 2.28. The molecule has 1 unspecified atom stereocenters. The maximum absolute atomic E-state index is 3.56. The van der Waals surface area contributed by atoms with Gasteiger partial charge in [-0.3, -0.25) is 4.90 Å². The van der Waals surface area contributed by atoms with E-state index in [0.717, 1.165) is 25.7 Å². The van der Waals surface area contributed by atoms with Crippen molar-refractivity contribution in [1.82, 2.24) is 14.8 Å². The molecule has 96 valence electrons.